The number of carbonyl (C=O) groups excluding carboxylic acids is 2. The number of allylic oxidation sites excluding steroid dienone is 1. The molecule has 5 heteroatoms. The molecule has 168 valence electrons. The summed E-state index contributed by atoms with van der Waals surface area (Å²) in [5.41, 5.74) is 0.937. The highest BCUT2D eigenvalue weighted by molar-refractivity contribution is 5.91. The fourth-order valence-corrected chi connectivity index (χ4v) is 8.54. The van der Waals surface area contributed by atoms with Gasteiger partial charge in [-0.25, -0.2) is 0 Å². The lowest BCUT2D eigenvalue weighted by molar-refractivity contribution is -0.148. The van der Waals surface area contributed by atoms with Crippen molar-refractivity contribution in [2.45, 2.75) is 65.9 Å². The number of hydrogen-bond donors (Lipinski definition) is 1. The van der Waals surface area contributed by atoms with Crippen LogP contribution in [0.4, 0.5) is 0 Å². The molecule has 3 fully saturated rings. The Balaban J connectivity index is 1.70. The van der Waals surface area contributed by atoms with E-state index in [1.54, 1.807) is 14.0 Å². The predicted octanol–water partition coefficient (Wildman–Crippen LogP) is 3.79. The van der Waals surface area contributed by atoms with Crippen molar-refractivity contribution in [2.75, 3.05) is 20.5 Å². The van der Waals surface area contributed by atoms with Crippen LogP contribution in [0.5, 0.6) is 0 Å². The van der Waals surface area contributed by atoms with E-state index in [-0.39, 0.29) is 46.9 Å². The Bertz CT molecular complexity index is 744. The number of Topliss-reactive ketones (excluding diaryl/α,β-unsaturated/α-hetero) is 1. The summed E-state index contributed by atoms with van der Waals surface area (Å²) in [4.78, 5) is 25.0. The molecular weight excluding hydrogens is 380 g/mol. The number of ether oxygens (including phenoxy) is 2. The number of aliphatic hydroxyl groups is 1. The summed E-state index contributed by atoms with van der Waals surface area (Å²) in [6.07, 6.45) is 5.49. The summed E-state index contributed by atoms with van der Waals surface area (Å²) >= 11 is 0. The molecular formula is C25H38O5. The number of hydrogen-bond acceptors (Lipinski definition) is 5. The third-order valence-electron chi connectivity index (χ3n) is 9.36. The first kappa shape index (κ1) is 22.2. The van der Waals surface area contributed by atoms with Gasteiger partial charge in [-0.2, -0.15) is 0 Å². The second-order valence-electron chi connectivity index (χ2n) is 11.1. The molecule has 4 aliphatic carbocycles. The minimum Gasteiger partial charge on any atom is -0.393 e. The summed E-state index contributed by atoms with van der Waals surface area (Å²) in [5, 5.41) is 11.5. The fourth-order valence-electron chi connectivity index (χ4n) is 8.54. The molecule has 0 aromatic rings. The van der Waals surface area contributed by atoms with Crippen molar-refractivity contribution < 1.29 is 24.2 Å². The topological polar surface area (TPSA) is 72.8 Å². The monoisotopic (exact) mass is 418 g/mol. The van der Waals surface area contributed by atoms with Gasteiger partial charge in [0.1, 0.15) is 12.6 Å². The van der Waals surface area contributed by atoms with Crippen LogP contribution in [0.15, 0.2) is 11.6 Å². The maximum Gasteiger partial charge on any atom is 0.155 e. The first-order valence-electron chi connectivity index (χ1n) is 11.6. The first-order valence-corrected chi connectivity index (χ1v) is 11.6. The van der Waals surface area contributed by atoms with Crippen molar-refractivity contribution >= 4 is 11.6 Å². The maximum atomic E-state index is 12.8. The molecule has 0 aromatic carbocycles. The van der Waals surface area contributed by atoms with E-state index < -0.39 is 6.10 Å². The molecule has 1 N–H and O–H groups in total. The van der Waals surface area contributed by atoms with Gasteiger partial charge in [0.2, 0.25) is 0 Å². The zero-order valence-electron chi connectivity index (χ0n) is 19.1. The van der Waals surface area contributed by atoms with Crippen LogP contribution in [0.3, 0.4) is 0 Å². The molecule has 0 radical (unpaired) electrons. The van der Waals surface area contributed by atoms with E-state index in [4.69, 9.17) is 9.47 Å². The Kier molecular flexibility index (Phi) is 5.78. The largest absolute Gasteiger partial charge is 0.393 e. The average molecular weight is 419 g/mol. The Morgan fingerprint density at radius 1 is 1.30 bits per heavy atom. The van der Waals surface area contributed by atoms with Crippen LogP contribution in [0.1, 0.15) is 59.8 Å². The van der Waals surface area contributed by atoms with E-state index in [1.165, 1.54) is 5.57 Å². The molecule has 4 aliphatic rings. The summed E-state index contributed by atoms with van der Waals surface area (Å²) in [7, 11) is 1.61. The molecule has 0 aliphatic heterocycles. The molecule has 30 heavy (non-hydrogen) atoms. The minimum absolute atomic E-state index is 0.0806. The van der Waals surface area contributed by atoms with Gasteiger partial charge in [-0.05, 0) is 79.1 Å². The number of rotatable bonds is 5. The van der Waals surface area contributed by atoms with Gasteiger partial charge in [-0.15, -0.1) is 0 Å². The minimum atomic E-state index is -0.439. The van der Waals surface area contributed by atoms with Gasteiger partial charge in [0, 0.05) is 19.4 Å². The van der Waals surface area contributed by atoms with Crippen molar-refractivity contribution in [1.82, 2.24) is 0 Å². The predicted molar refractivity (Wildman–Crippen MR) is 114 cm³/mol. The summed E-state index contributed by atoms with van der Waals surface area (Å²) in [6, 6.07) is 0. The van der Waals surface area contributed by atoms with Crippen molar-refractivity contribution in [3.05, 3.63) is 11.6 Å². The van der Waals surface area contributed by atoms with E-state index in [1.807, 2.05) is 6.08 Å². The third-order valence-corrected chi connectivity index (χ3v) is 9.36. The van der Waals surface area contributed by atoms with Gasteiger partial charge in [0.25, 0.3) is 0 Å². The third kappa shape index (κ3) is 3.23. The molecule has 0 bridgehead atoms. The second-order valence-corrected chi connectivity index (χ2v) is 11.1. The molecule has 4 rings (SSSR count). The lowest BCUT2D eigenvalue weighted by Crippen LogP contribution is -2.58. The van der Waals surface area contributed by atoms with Crippen molar-refractivity contribution in [3.8, 4) is 0 Å². The van der Waals surface area contributed by atoms with Crippen LogP contribution in [-0.2, 0) is 19.1 Å². The highest BCUT2D eigenvalue weighted by Gasteiger charge is 2.65. The van der Waals surface area contributed by atoms with E-state index in [9.17, 15) is 14.7 Å². The van der Waals surface area contributed by atoms with Crippen molar-refractivity contribution in [1.29, 1.82) is 0 Å². The molecule has 9 atom stereocenters. The molecule has 0 saturated heterocycles. The van der Waals surface area contributed by atoms with Gasteiger partial charge in [-0.3, -0.25) is 9.59 Å². The highest BCUT2D eigenvalue weighted by atomic mass is 16.7. The number of aliphatic hydroxyl groups excluding tert-OH is 1. The zero-order chi connectivity index (χ0) is 21.8. The lowest BCUT2D eigenvalue weighted by atomic mass is 9.44. The summed E-state index contributed by atoms with van der Waals surface area (Å²) in [6.45, 7) is 9.24. The van der Waals surface area contributed by atoms with Crippen LogP contribution in [0.2, 0.25) is 0 Å². The second kappa shape index (κ2) is 7.83. The standard InChI is InChI=1S/C25H38O5/c1-14-8-18-20-9-16(12-30-13-29-5)22(15(2)26)25(20,4)11-21(28)23(18)24(3)7-6-17(27)10-19(14)24/h10,14,16,18,20-23,28H,6-9,11-13H2,1-5H3/t14-,16+,18-,20-,21-,22-,23+,24-,25-/m0/s1. The van der Waals surface area contributed by atoms with Crippen LogP contribution in [0, 0.1) is 46.3 Å². The number of ketones is 2. The van der Waals surface area contributed by atoms with E-state index >= 15 is 0 Å². The van der Waals surface area contributed by atoms with Gasteiger partial charge in [0.15, 0.2) is 5.78 Å². The van der Waals surface area contributed by atoms with E-state index in [2.05, 4.69) is 20.8 Å². The zero-order valence-corrected chi connectivity index (χ0v) is 19.1. The van der Waals surface area contributed by atoms with Crippen LogP contribution in [-0.4, -0.2) is 43.3 Å². The molecule has 3 saturated carbocycles. The Hall–Kier alpha value is -1.04. The number of carbonyl (C=O) groups is 2. The number of fused-ring (bicyclic) bond motifs is 5. The summed E-state index contributed by atoms with van der Waals surface area (Å²) in [5.74, 6) is 1.82. The van der Waals surface area contributed by atoms with Crippen LogP contribution < -0.4 is 0 Å². The molecule has 0 heterocycles. The van der Waals surface area contributed by atoms with Crippen LogP contribution >= 0.6 is 0 Å². The quantitative estimate of drug-likeness (QED) is 0.543. The molecule has 0 spiro atoms. The highest BCUT2D eigenvalue weighted by Crippen LogP contribution is 2.68. The van der Waals surface area contributed by atoms with E-state index in [0.29, 0.717) is 37.2 Å². The Morgan fingerprint density at radius 2 is 2.03 bits per heavy atom. The van der Waals surface area contributed by atoms with Crippen LogP contribution in [0.25, 0.3) is 0 Å². The average Bonchev–Trinajstić information content (AvgIpc) is 2.95. The lowest BCUT2D eigenvalue weighted by Gasteiger charge is -2.61. The first-order chi connectivity index (χ1) is 14.1. The van der Waals surface area contributed by atoms with Gasteiger partial charge in [0.05, 0.1) is 12.7 Å². The van der Waals surface area contributed by atoms with Gasteiger partial charge < -0.3 is 14.6 Å². The Morgan fingerprint density at radius 3 is 2.70 bits per heavy atom. The molecule has 0 aromatic heterocycles. The smallest absolute Gasteiger partial charge is 0.155 e. The number of methoxy groups -OCH3 is 1. The Labute approximate surface area is 180 Å². The fraction of sp³-hybridized carbons (Fsp3) is 0.840. The normalized spacial score (nSPS) is 47.9. The van der Waals surface area contributed by atoms with Crippen molar-refractivity contribution in [3.63, 3.8) is 0 Å². The summed E-state index contributed by atoms with van der Waals surface area (Å²) < 4.78 is 10.8. The molecule has 0 unspecified atom stereocenters. The van der Waals surface area contributed by atoms with E-state index in [0.717, 1.165) is 19.3 Å². The van der Waals surface area contributed by atoms with Gasteiger partial charge in [-0.1, -0.05) is 26.3 Å². The molecule has 0 amide bonds. The molecule has 5 nitrogen and oxygen atoms in total. The van der Waals surface area contributed by atoms with Crippen molar-refractivity contribution in [2.24, 2.45) is 46.3 Å². The maximum absolute atomic E-state index is 12.8. The SMILES string of the molecule is COCOC[C@H]1C[C@H]2[C@@H]3C[C@H](C)C4=CC(=O)CC[C@]4(C)[C@H]3[C@@H](O)C[C@]2(C)[C@H]1C(C)=O. The van der Waals surface area contributed by atoms with Gasteiger partial charge >= 0.3 is 0 Å².